The second-order valence-corrected chi connectivity index (χ2v) is 7.80. The van der Waals surface area contributed by atoms with Gasteiger partial charge in [0.25, 0.3) is 0 Å². The maximum absolute atomic E-state index is 13.0. The van der Waals surface area contributed by atoms with Crippen LogP contribution in [0.2, 0.25) is 0 Å². The van der Waals surface area contributed by atoms with Gasteiger partial charge in [0, 0.05) is 25.3 Å². The number of hydrogen-bond acceptors (Lipinski definition) is 6. The van der Waals surface area contributed by atoms with Crippen molar-refractivity contribution in [2.45, 2.75) is 37.5 Å². The van der Waals surface area contributed by atoms with Crippen LogP contribution in [0.3, 0.4) is 0 Å². The molecule has 0 spiro atoms. The highest BCUT2D eigenvalue weighted by molar-refractivity contribution is 5.89. The third-order valence-corrected chi connectivity index (χ3v) is 5.47. The summed E-state index contributed by atoms with van der Waals surface area (Å²) in [7, 11) is 0. The average Bonchev–Trinajstić information content (AvgIpc) is 2.77. The van der Waals surface area contributed by atoms with Crippen molar-refractivity contribution in [3.05, 3.63) is 30.1 Å². The van der Waals surface area contributed by atoms with E-state index in [2.05, 4.69) is 20.9 Å². The van der Waals surface area contributed by atoms with Crippen molar-refractivity contribution < 1.29 is 28.6 Å². The number of aliphatic hydroxyl groups is 1. The summed E-state index contributed by atoms with van der Waals surface area (Å²) in [5, 5.41) is 18.0. The number of benzene rings is 1. The first-order chi connectivity index (χ1) is 15.0. The number of carbonyl (C=O) groups excluding carboxylic acids is 2. The maximum atomic E-state index is 13.0. The molecule has 2 aliphatic rings. The fourth-order valence-electron chi connectivity index (χ4n) is 3.77. The van der Waals surface area contributed by atoms with Crippen LogP contribution in [-0.4, -0.2) is 86.2 Å². The predicted octanol–water partition coefficient (Wildman–Crippen LogP) is 0.694. The Bertz CT molecular complexity index is 714. The van der Waals surface area contributed by atoms with E-state index in [-0.39, 0.29) is 30.5 Å². The van der Waals surface area contributed by atoms with E-state index in [9.17, 15) is 19.1 Å². The standard InChI is InChI=1S/C21H31FN4O5/c22-15-1-3-16(4-2-15)24-21(29)25-18-6-5-17(31-19(18)14-27)7-8-23-20(28)13-26-9-11-30-12-10-26/h1-4,17-19,27H,5-14H2,(H,23,28)(H2,24,25,29)/t17-,18-,19-/m0/s1. The summed E-state index contributed by atoms with van der Waals surface area (Å²) < 4.78 is 24.2. The number of hydrogen-bond donors (Lipinski definition) is 4. The molecule has 4 N–H and O–H groups in total. The van der Waals surface area contributed by atoms with Crippen LogP contribution >= 0.6 is 0 Å². The summed E-state index contributed by atoms with van der Waals surface area (Å²) in [5.41, 5.74) is 0.474. The van der Waals surface area contributed by atoms with Gasteiger partial charge in [-0.15, -0.1) is 0 Å². The van der Waals surface area contributed by atoms with Gasteiger partial charge in [-0.25, -0.2) is 9.18 Å². The average molecular weight is 439 g/mol. The summed E-state index contributed by atoms with van der Waals surface area (Å²) >= 11 is 0. The Hall–Kier alpha value is -2.27. The molecule has 1 aromatic rings. The molecule has 2 fully saturated rings. The minimum Gasteiger partial charge on any atom is -0.394 e. The molecule has 2 saturated heterocycles. The van der Waals surface area contributed by atoms with E-state index in [1.54, 1.807) is 0 Å². The van der Waals surface area contributed by atoms with E-state index in [1.807, 2.05) is 0 Å². The zero-order valence-corrected chi connectivity index (χ0v) is 17.5. The van der Waals surface area contributed by atoms with Crippen LogP contribution in [0.5, 0.6) is 0 Å². The minimum atomic E-state index is -0.526. The Labute approximate surface area is 181 Å². The number of anilines is 1. The van der Waals surface area contributed by atoms with Crippen LogP contribution < -0.4 is 16.0 Å². The van der Waals surface area contributed by atoms with Gasteiger partial charge in [-0.1, -0.05) is 0 Å². The molecule has 10 heteroatoms. The highest BCUT2D eigenvalue weighted by atomic mass is 19.1. The molecule has 0 unspecified atom stereocenters. The van der Waals surface area contributed by atoms with Gasteiger partial charge >= 0.3 is 6.03 Å². The third-order valence-electron chi connectivity index (χ3n) is 5.47. The van der Waals surface area contributed by atoms with Gasteiger partial charge < -0.3 is 30.5 Å². The number of amides is 3. The van der Waals surface area contributed by atoms with E-state index in [4.69, 9.17) is 9.47 Å². The SMILES string of the molecule is O=C(CN1CCOCC1)NCC[C@@H]1CC[C@H](NC(=O)Nc2ccc(F)cc2)[C@H](CO)O1. The van der Waals surface area contributed by atoms with Gasteiger partial charge in [-0.2, -0.15) is 0 Å². The first kappa shape index (κ1) is 23.4. The van der Waals surface area contributed by atoms with Crippen molar-refractivity contribution >= 4 is 17.6 Å². The molecule has 0 aromatic heterocycles. The Morgan fingerprint density at radius 2 is 1.90 bits per heavy atom. The number of ether oxygens (including phenoxy) is 2. The molecule has 172 valence electrons. The minimum absolute atomic E-state index is 0.0200. The van der Waals surface area contributed by atoms with Crippen molar-refractivity contribution in [3.63, 3.8) is 0 Å². The van der Waals surface area contributed by atoms with E-state index in [1.165, 1.54) is 24.3 Å². The van der Waals surface area contributed by atoms with Crippen molar-refractivity contribution in [1.29, 1.82) is 0 Å². The molecule has 0 bridgehead atoms. The zero-order valence-electron chi connectivity index (χ0n) is 17.5. The molecule has 2 heterocycles. The van der Waals surface area contributed by atoms with Crippen LogP contribution in [-0.2, 0) is 14.3 Å². The third kappa shape index (κ3) is 7.73. The highest BCUT2D eigenvalue weighted by Crippen LogP contribution is 2.22. The number of carbonyl (C=O) groups is 2. The molecule has 1 aromatic carbocycles. The summed E-state index contributed by atoms with van der Waals surface area (Å²) in [6.07, 6.45) is 1.37. The van der Waals surface area contributed by atoms with Crippen LogP contribution in [0.25, 0.3) is 0 Å². The lowest BCUT2D eigenvalue weighted by molar-refractivity contribution is -0.123. The van der Waals surface area contributed by atoms with Gasteiger partial charge in [0.05, 0.1) is 38.5 Å². The van der Waals surface area contributed by atoms with Crippen molar-refractivity contribution in [3.8, 4) is 0 Å². The molecule has 31 heavy (non-hydrogen) atoms. The molecule has 3 amide bonds. The van der Waals surface area contributed by atoms with Gasteiger partial charge in [0.2, 0.25) is 5.91 Å². The predicted molar refractivity (Wildman–Crippen MR) is 112 cm³/mol. The number of rotatable bonds is 8. The molecular weight excluding hydrogens is 407 g/mol. The van der Waals surface area contributed by atoms with E-state index in [0.717, 1.165) is 13.1 Å². The lowest BCUT2D eigenvalue weighted by Crippen LogP contribution is -2.52. The van der Waals surface area contributed by atoms with E-state index >= 15 is 0 Å². The van der Waals surface area contributed by atoms with Crippen LogP contribution in [0.15, 0.2) is 24.3 Å². The number of urea groups is 1. The second-order valence-electron chi connectivity index (χ2n) is 7.80. The summed E-state index contributed by atoms with van der Waals surface area (Å²) in [6.45, 7) is 3.48. The molecule has 9 nitrogen and oxygen atoms in total. The topological polar surface area (TPSA) is 112 Å². The quantitative estimate of drug-likeness (QED) is 0.475. The smallest absolute Gasteiger partial charge is 0.319 e. The lowest BCUT2D eigenvalue weighted by Gasteiger charge is -2.36. The number of nitrogens with one attached hydrogen (secondary N) is 3. The van der Waals surface area contributed by atoms with Crippen molar-refractivity contribution in [1.82, 2.24) is 15.5 Å². The summed E-state index contributed by atoms with van der Waals surface area (Å²) in [5.74, 6) is -0.399. The Morgan fingerprint density at radius 3 is 2.61 bits per heavy atom. The summed E-state index contributed by atoms with van der Waals surface area (Å²) in [6, 6.07) is 4.70. The number of aliphatic hydroxyl groups excluding tert-OH is 1. The van der Waals surface area contributed by atoms with Gasteiger partial charge in [-0.3, -0.25) is 9.69 Å². The zero-order chi connectivity index (χ0) is 22.1. The first-order valence-electron chi connectivity index (χ1n) is 10.7. The summed E-state index contributed by atoms with van der Waals surface area (Å²) in [4.78, 5) is 26.3. The van der Waals surface area contributed by atoms with Crippen LogP contribution in [0.1, 0.15) is 19.3 Å². The fourth-order valence-corrected chi connectivity index (χ4v) is 3.77. The molecule has 0 aliphatic carbocycles. The molecule has 3 rings (SSSR count). The molecule has 2 aliphatic heterocycles. The molecule has 3 atom stereocenters. The van der Waals surface area contributed by atoms with Gasteiger partial charge in [0.15, 0.2) is 0 Å². The van der Waals surface area contributed by atoms with Crippen LogP contribution in [0.4, 0.5) is 14.9 Å². The molecule has 0 saturated carbocycles. The molecular formula is C21H31FN4O5. The lowest BCUT2D eigenvalue weighted by atomic mass is 9.97. The first-order valence-corrected chi connectivity index (χ1v) is 10.7. The monoisotopic (exact) mass is 438 g/mol. The Morgan fingerprint density at radius 1 is 1.16 bits per heavy atom. The number of morpholine rings is 1. The Balaban J connectivity index is 1.36. The van der Waals surface area contributed by atoms with Gasteiger partial charge in [-0.05, 0) is 43.5 Å². The normalized spacial score (nSPS) is 24.4. The molecule has 0 radical (unpaired) electrons. The van der Waals surface area contributed by atoms with E-state index in [0.29, 0.717) is 51.3 Å². The maximum Gasteiger partial charge on any atom is 0.319 e. The van der Waals surface area contributed by atoms with Crippen molar-refractivity contribution in [2.75, 3.05) is 51.3 Å². The highest BCUT2D eigenvalue weighted by Gasteiger charge is 2.31. The Kier molecular flexibility index (Phi) is 9.01. The van der Waals surface area contributed by atoms with Gasteiger partial charge in [0.1, 0.15) is 11.9 Å². The fraction of sp³-hybridized carbons (Fsp3) is 0.619. The van der Waals surface area contributed by atoms with Crippen LogP contribution in [0, 0.1) is 5.82 Å². The second kappa shape index (κ2) is 11.9. The van der Waals surface area contributed by atoms with Crippen molar-refractivity contribution in [2.24, 2.45) is 0 Å². The largest absolute Gasteiger partial charge is 0.394 e. The van der Waals surface area contributed by atoms with E-state index < -0.39 is 12.1 Å². The number of nitrogens with zero attached hydrogens (tertiary/aromatic N) is 1. The number of halogens is 1.